The van der Waals surface area contributed by atoms with E-state index >= 15 is 0 Å². The number of hydrogen-bond donors (Lipinski definition) is 2. The number of nitrogens with one attached hydrogen (secondary N) is 2. The summed E-state index contributed by atoms with van der Waals surface area (Å²) in [5.74, 6) is -0.573. The number of benzene rings is 1. The van der Waals surface area contributed by atoms with Crippen LogP contribution in [0.15, 0.2) is 35.8 Å². The topological polar surface area (TPSA) is 36.4 Å². The molecule has 0 bridgehead atoms. The Morgan fingerprint density at radius 1 is 1.40 bits per heavy atom. The highest BCUT2D eigenvalue weighted by molar-refractivity contribution is 5.79. The molecule has 1 rings (SSSR count). The minimum absolute atomic E-state index is 0.130. The molecule has 0 aliphatic carbocycles. The Morgan fingerprint density at radius 3 is 2.75 bits per heavy atom. The van der Waals surface area contributed by atoms with Crippen LogP contribution in [-0.2, 0) is 0 Å². The molecule has 3 nitrogen and oxygen atoms in total. The second-order valence-corrected chi connectivity index (χ2v) is 4.46. The zero-order chi connectivity index (χ0) is 15.0. The summed E-state index contributed by atoms with van der Waals surface area (Å²) in [4.78, 5) is 4.38. The molecule has 0 fully saturated rings. The molecule has 5 heteroatoms. The summed E-state index contributed by atoms with van der Waals surface area (Å²) in [6.45, 7) is 9.20. The third-order valence-electron chi connectivity index (χ3n) is 2.77. The van der Waals surface area contributed by atoms with E-state index in [1.165, 1.54) is 12.1 Å². The lowest BCUT2D eigenvalue weighted by molar-refractivity contribution is 0.560. The van der Waals surface area contributed by atoms with E-state index in [1.54, 1.807) is 6.08 Å². The van der Waals surface area contributed by atoms with Crippen LogP contribution in [0.5, 0.6) is 0 Å². The highest BCUT2D eigenvalue weighted by Gasteiger charge is 2.11. The number of rotatable bonds is 6. The third-order valence-corrected chi connectivity index (χ3v) is 2.77. The Balaban J connectivity index is 2.71. The molecule has 0 aromatic heterocycles. The van der Waals surface area contributed by atoms with Gasteiger partial charge in [-0.15, -0.1) is 6.58 Å². The van der Waals surface area contributed by atoms with Gasteiger partial charge in [0.05, 0.1) is 0 Å². The molecule has 0 aliphatic rings. The smallest absolute Gasteiger partial charge is 0.191 e. The fourth-order valence-corrected chi connectivity index (χ4v) is 1.74. The molecule has 0 amide bonds. The van der Waals surface area contributed by atoms with E-state index in [0.717, 1.165) is 12.6 Å². The Morgan fingerprint density at radius 2 is 2.15 bits per heavy atom. The van der Waals surface area contributed by atoms with Gasteiger partial charge in [-0.1, -0.05) is 19.1 Å². The fourth-order valence-electron chi connectivity index (χ4n) is 1.74. The maximum Gasteiger partial charge on any atom is 0.191 e. The number of nitrogens with zero attached hydrogens (tertiary/aromatic N) is 1. The van der Waals surface area contributed by atoms with Crippen molar-refractivity contribution in [3.63, 3.8) is 0 Å². The number of guanidine groups is 1. The number of halogens is 2. The van der Waals surface area contributed by atoms with Crippen LogP contribution in [0.2, 0.25) is 0 Å². The summed E-state index contributed by atoms with van der Waals surface area (Å²) in [5.41, 5.74) is 0.467. The van der Waals surface area contributed by atoms with Crippen LogP contribution in [0.3, 0.4) is 0 Å². The Bertz CT molecular complexity index is 472. The summed E-state index contributed by atoms with van der Waals surface area (Å²) in [5, 5.41) is 6.15. The van der Waals surface area contributed by atoms with E-state index in [4.69, 9.17) is 0 Å². The molecule has 1 aromatic carbocycles. The molecular formula is C15H21F2N3. The second-order valence-electron chi connectivity index (χ2n) is 4.46. The molecule has 0 heterocycles. The Labute approximate surface area is 118 Å². The molecule has 1 atom stereocenters. The molecule has 2 N–H and O–H groups in total. The lowest BCUT2D eigenvalue weighted by Crippen LogP contribution is -2.37. The Hall–Kier alpha value is -1.91. The molecule has 0 saturated heterocycles. The van der Waals surface area contributed by atoms with Gasteiger partial charge in [-0.25, -0.2) is 8.78 Å². The molecule has 1 unspecified atom stereocenters. The van der Waals surface area contributed by atoms with Gasteiger partial charge in [0.1, 0.15) is 11.6 Å². The molecule has 20 heavy (non-hydrogen) atoms. The van der Waals surface area contributed by atoms with Crippen molar-refractivity contribution in [2.24, 2.45) is 4.99 Å². The van der Waals surface area contributed by atoms with Gasteiger partial charge in [0.25, 0.3) is 0 Å². The van der Waals surface area contributed by atoms with Crippen molar-refractivity contribution in [1.82, 2.24) is 10.6 Å². The molecule has 0 radical (unpaired) electrons. The van der Waals surface area contributed by atoms with Gasteiger partial charge in [-0.2, -0.15) is 0 Å². The van der Waals surface area contributed by atoms with Gasteiger partial charge in [-0.3, -0.25) is 4.99 Å². The maximum absolute atomic E-state index is 13.6. The first kappa shape index (κ1) is 16.1. The minimum Gasteiger partial charge on any atom is -0.357 e. The largest absolute Gasteiger partial charge is 0.357 e. The standard InChI is InChI=1S/C15H21F2N3/c1-4-8-19-15(18-5-2)20-10-11(3)13-7-6-12(16)9-14(13)17/h4,6-7,9,11H,1,5,8,10H2,2-3H3,(H2,18,19,20). The summed E-state index contributed by atoms with van der Waals surface area (Å²) in [6.07, 6.45) is 1.73. The Kier molecular flexibility index (Phi) is 6.70. The van der Waals surface area contributed by atoms with E-state index in [1.807, 2.05) is 13.8 Å². The lowest BCUT2D eigenvalue weighted by atomic mass is 10.0. The van der Waals surface area contributed by atoms with Gasteiger partial charge in [0.2, 0.25) is 0 Å². The average Bonchev–Trinajstić information content (AvgIpc) is 2.41. The summed E-state index contributed by atoms with van der Waals surface area (Å²) >= 11 is 0. The predicted octanol–water partition coefficient (Wildman–Crippen LogP) is 2.81. The quantitative estimate of drug-likeness (QED) is 0.478. The zero-order valence-electron chi connectivity index (χ0n) is 11.9. The van der Waals surface area contributed by atoms with E-state index in [0.29, 0.717) is 24.6 Å². The van der Waals surface area contributed by atoms with Gasteiger partial charge in [0.15, 0.2) is 5.96 Å². The molecule has 0 aliphatic heterocycles. The van der Waals surface area contributed by atoms with Gasteiger partial charge >= 0.3 is 0 Å². The fraction of sp³-hybridized carbons (Fsp3) is 0.400. The first-order chi connectivity index (χ1) is 9.58. The van der Waals surface area contributed by atoms with Gasteiger partial charge < -0.3 is 10.6 Å². The van der Waals surface area contributed by atoms with Crippen molar-refractivity contribution in [3.8, 4) is 0 Å². The van der Waals surface area contributed by atoms with Crippen LogP contribution in [0.1, 0.15) is 25.3 Å². The highest BCUT2D eigenvalue weighted by Crippen LogP contribution is 2.19. The van der Waals surface area contributed by atoms with Crippen LogP contribution >= 0.6 is 0 Å². The normalized spacial score (nSPS) is 12.9. The third kappa shape index (κ3) is 4.99. The average molecular weight is 281 g/mol. The first-order valence-electron chi connectivity index (χ1n) is 6.66. The van der Waals surface area contributed by atoms with Crippen molar-refractivity contribution >= 4 is 5.96 Å². The maximum atomic E-state index is 13.6. The van der Waals surface area contributed by atoms with Crippen LogP contribution in [0.25, 0.3) is 0 Å². The van der Waals surface area contributed by atoms with Crippen molar-refractivity contribution in [2.75, 3.05) is 19.6 Å². The van der Waals surface area contributed by atoms with Crippen LogP contribution in [0.4, 0.5) is 8.78 Å². The first-order valence-corrected chi connectivity index (χ1v) is 6.66. The molecule has 0 spiro atoms. The van der Waals surface area contributed by atoms with E-state index in [2.05, 4.69) is 22.2 Å². The van der Waals surface area contributed by atoms with E-state index in [-0.39, 0.29) is 5.92 Å². The zero-order valence-corrected chi connectivity index (χ0v) is 11.9. The highest BCUT2D eigenvalue weighted by atomic mass is 19.1. The predicted molar refractivity (Wildman–Crippen MR) is 79.0 cm³/mol. The van der Waals surface area contributed by atoms with Crippen LogP contribution < -0.4 is 10.6 Å². The van der Waals surface area contributed by atoms with Gasteiger partial charge in [0, 0.05) is 31.6 Å². The van der Waals surface area contributed by atoms with Crippen LogP contribution in [-0.4, -0.2) is 25.6 Å². The molecule has 0 saturated carbocycles. The van der Waals surface area contributed by atoms with Crippen LogP contribution in [0, 0.1) is 11.6 Å². The van der Waals surface area contributed by atoms with Crippen molar-refractivity contribution in [2.45, 2.75) is 19.8 Å². The summed E-state index contributed by atoms with van der Waals surface area (Å²) in [6, 6.07) is 3.63. The monoisotopic (exact) mass is 281 g/mol. The second kappa shape index (κ2) is 8.30. The van der Waals surface area contributed by atoms with E-state index in [9.17, 15) is 8.78 Å². The molecular weight excluding hydrogens is 260 g/mol. The van der Waals surface area contributed by atoms with Crippen molar-refractivity contribution < 1.29 is 8.78 Å². The summed E-state index contributed by atoms with van der Waals surface area (Å²) < 4.78 is 26.5. The van der Waals surface area contributed by atoms with E-state index < -0.39 is 11.6 Å². The number of hydrogen-bond acceptors (Lipinski definition) is 1. The van der Waals surface area contributed by atoms with Crippen molar-refractivity contribution in [1.29, 1.82) is 0 Å². The summed E-state index contributed by atoms with van der Waals surface area (Å²) in [7, 11) is 0. The number of aliphatic imine (C=N–C) groups is 1. The van der Waals surface area contributed by atoms with Crippen molar-refractivity contribution in [3.05, 3.63) is 48.1 Å². The SMILES string of the molecule is C=CCNC(=NCC(C)c1ccc(F)cc1F)NCC. The lowest BCUT2D eigenvalue weighted by Gasteiger charge is -2.13. The van der Waals surface area contributed by atoms with Gasteiger partial charge in [-0.05, 0) is 18.6 Å². The molecule has 110 valence electrons. The molecule has 1 aromatic rings. The minimum atomic E-state index is -0.567.